The maximum atomic E-state index is 12.6. The molecule has 0 unspecified atom stereocenters. The van der Waals surface area contributed by atoms with E-state index in [1.165, 1.54) is 0 Å². The summed E-state index contributed by atoms with van der Waals surface area (Å²) in [6, 6.07) is 5.25. The number of amides is 2. The van der Waals surface area contributed by atoms with E-state index in [4.69, 9.17) is 9.47 Å². The minimum absolute atomic E-state index is 0.0254. The molecule has 2 heterocycles. The molecule has 1 aromatic carbocycles. The largest absolute Gasteiger partial charge is 0.454 e. The van der Waals surface area contributed by atoms with Gasteiger partial charge in [0.25, 0.3) is 5.91 Å². The summed E-state index contributed by atoms with van der Waals surface area (Å²) in [5, 5.41) is 0. The van der Waals surface area contributed by atoms with Gasteiger partial charge in [-0.25, -0.2) is 0 Å². The van der Waals surface area contributed by atoms with Crippen LogP contribution >= 0.6 is 0 Å². The highest BCUT2D eigenvalue weighted by Crippen LogP contribution is 2.32. The summed E-state index contributed by atoms with van der Waals surface area (Å²) in [7, 11) is 0. The zero-order valence-corrected chi connectivity index (χ0v) is 14.3. The van der Waals surface area contributed by atoms with E-state index in [1.54, 1.807) is 23.1 Å². The van der Waals surface area contributed by atoms with E-state index in [0.29, 0.717) is 55.6 Å². The number of rotatable bonds is 4. The molecule has 2 aliphatic heterocycles. The molecule has 0 radical (unpaired) electrons. The molecule has 3 rings (SSSR count). The minimum Gasteiger partial charge on any atom is -0.454 e. The van der Waals surface area contributed by atoms with Gasteiger partial charge in [-0.05, 0) is 30.5 Å². The monoisotopic (exact) mass is 332 g/mol. The van der Waals surface area contributed by atoms with Gasteiger partial charge in [0.2, 0.25) is 12.7 Å². The first-order valence-electron chi connectivity index (χ1n) is 8.51. The lowest BCUT2D eigenvalue weighted by Gasteiger charge is -2.35. The van der Waals surface area contributed by atoms with Gasteiger partial charge in [-0.15, -0.1) is 0 Å². The quantitative estimate of drug-likeness (QED) is 0.847. The second kappa shape index (κ2) is 7.11. The van der Waals surface area contributed by atoms with Crippen LogP contribution in [0.3, 0.4) is 0 Å². The van der Waals surface area contributed by atoms with Gasteiger partial charge in [-0.3, -0.25) is 9.59 Å². The number of carbonyl (C=O) groups excluding carboxylic acids is 2. The Bertz CT molecular complexity index is 621. The Balaban J connectivity index is 1.54. The average Bonchev–Trinajstić information content (AvgIpc) is 3.06. The predicted octanol–water partition coefficient (Wildman–Crippen LogP) is 2.14. The van der Waals surface area contributed by atoms with Crippen LogP contribution in [0.25, 0.3) is 0 Å². The Hall–Kier alpha value is -2.24. The highest BCUT2D eigenvalue weighted by atomic mass is 16.7. The molecule has 2 aliphatic rings. The molecule has 1 aromatic rings. The summed E-state index contributed by atoms with van der Waals surface area (Å²) >= 11 is 0. The van der Waals surface area contributed by atoms with E-state index in [1.807, 2.05) is 4.90 Å². The van der Waals surface area contributed by atoms with Gasteiger partial charge < -0.3 is 19.3 Å². The summed E-state index contributed by atoms with van der Waals surface area (Å²) in [5.41, 5.74) is 0.596. The Kier molecular flexibility index (Phi) is 4.92. The molecule has 130 valence electrons. The highest BCUT2D eigenvalue weighted by Gasteiger charge is 2.26. The Morgan fingerprint density at radius 3 is 2.42 bits per heavy atom. The molecule has 1 saturated heterocycles. The van der Waals surface area contributed by atoms with E-state index >= 15 is 0 Å². The third kappa shape index (κ3) is 3.63. The van der Waals surface area contributed by atoms with Crippen molar-refractivity contribution in [3.05, 3.63) is 23.8 Å². The maximum absolute atomic E-state index is 12.6. The summed E-state index contributed by atoms with van der Waals surface area (Å²) in [6.07, 6.45) is 1.50. The summed E-state index contributed by atoms with van der Waals surface area (Å²) < 4.78 is 10.6. The van der Waals surface area contributed by atoms with Gasteiger partial charge in [-0.1, -0.05) is 13.8 Å². The minimum atomic E-state index is -0.0254. The molecule has 0 saturated carbocycles. The normalized spacial score (nSPS) is 16.6. The molecule has 0 aliphatic carbocycles. The van der Waals surface area contributed by atoms with E-state index in [0.717, 1.165) is 6.42 Å². The van der Waals surface area contributed by atoms with Gasteiger partial charge in [0, 0.05) is 38.2 Å². The van der Waals surface area contributed by atoms with E-state index in [9.17, 15) is 9.59 Å². The molecular weight excluding hydrogens is 308 g/mol. The molecule has 0 spiro atoms. The lowest BCUT2D eigenvalue weighted by molar-refractivity contribution is -0.132. The smallest absolute Gasteiger partial charge is 0.254 e. The first-order valence-corrected chi connectivity index (χ1v) is 8.51. The number of hydrogen-bond donors (Lipinski definition) is 0. The lowest BCUT2D eigenvalue weighted by Crippen LogP contribution is -2.50. The summed E-state index contributed by atoms with van der Waals surface area (Å²) in [4.78, 5) is 28.4. The molecule has 6 heteroatoms. The van der Waals surface area contributed by atoms with E-state index in [-0.39, 0.29) is 18.6 Å². The Morgan fingerprint density at radius 2 is 1.71 bits per heavy atom. The summed E-state index contributed by atoms with van der Waals surface area (Å²) in [6.45, 7) is 6.79. The van der Waals surface area contributed by atoms with Gasteiger partial charge in [0.1, 0.15) is 0 Å². The van der Waals surface area contributed by atoms with Crippen molar-refractivity contribution in [2.75, 3.05) is 33.0 Å². The van der Waals surface area contributed by atoms with Crippen molar-refractivity contribution in [3.63, 3.8) is 0 Å². The Labute approximate surface area is 142 Å². The summed E-state index contributed by atoms with van der Waals surface area (Å²) in [5.74, 6) is 1.99. The number of hydrogen-bond acceptors (Lipinski definition) is 4. The molecular formula is C18H24N2O4. The number of fused-ring (bicyclic) bond motifs is 1. The van der Waals surface area contributed by atoms with Crippen molar-refractivity contribution in [1.82, 2.24) is 9.80 Å². The van der Waals surface area contributed by atoms with Crippen molar-refractivity contribution >= 4 is 11.8 Å². The highest BCUT2D eigenvalue weighted by molar-refractivity contribution is 5.95. The van der Waals surface area contributed by atoms with Crippen LogP contribution in [-0.4, -0.2) is 54.6 Å². The molecule has 1 fully saturated rings. The van der Waals surface area contributed by atoms with Crippen molar-refractivity contribution < 1.29 is 19.1 Å². The van der Waals surface area contributed by atoms with Crippen molar-refractivity contribution in [3.8, 4) is 11.5 Å². The molecule has 24 heavy (non-hydrogen) atoms. The zero-order chi connectivity index (χ0) is 17.1. The number of benzene rings is 1. The van der Waals surface area contributed by atoms with Crippen molar-refractivity contribution in [2.45, 2.75) is 26.7 Å². The molecule has 0 bridgehead atoms. The SMILES string of the molecule is CC(C)CCC(=O)N1CCN(C(=O)c2ccc3c(c2)OCO3)CC1. The second-order valence-corrected chi connectivity index (χ2v) is 6.67. The van der Waals surface area contributed by atoms with E-state index < -0.39 is 0 Å². The second-order valence-electron chi connectivity index (χ2n) is 6.67. The van der Waals surface area contributed by atoms with Gasteiger partial charge in [0.15, 0.2) is 11.5 Å². The van der Waals surface area contributed by atoms with Crippen molar-refractivity contribution in [1.29, 1.82) is 0 Å². The molecule has 0 N–H and O–H groups in total. The third-order valence-electron chi connectivity index (χ3n) is 4.47. The van der Waals surface area contributed by atoms with Crippen LogP contribution in [-0.2, 0) is 4.79 Å². The van der Waals surface area contributed by atoms with Gasteiger partial charge in [0.05, 0.1) is 0 Å². The fourth-order valence-electron chi connectivity index (χ4n) is 2.94. The standard InChI is InChI=1S/C18H24N2O4/c1-13(2)3-6-17(21)19-7-9-20(10-8-19)18(22)14-4-5-15-16(11-14)24-12-23-15/h4-5,11,13H,3,6-10,12H2,1-2H3. The van der Waals surface area contributed by atoms with Gasteiger partial charge >= 0.3 is 0 Å². The van der Waals surface area contributed by atoms with Crippen molar-refractivity contribution in [2.24, 2.45) is 5.92 Å². The van der Waals surface area contributed by atoms with Crippen LogP contribution in [0.4, 0.5) is 0 Å². The zero-order valence-electron chi connectivity index (χ0n) is 14.3. The van der Waals surface area contributed by atoms with Gasteiger partial charge in [-0.2, -0.15) is 0 Å². The average molecular weight is 332 g/mol. The molecule has 2 amide bonds. The number of nitrogens with zero attached hydrogens (tertiary/aromatic N) is 2. The van der Waals surface area contributed by atoms with Crippen LogP contribution in [0.15, 0.2) is 18.2 Å². The fourth-order valence-corrected chi connectivity index (χ4v) is 2.94. The van der Waals surface area contributed by atoms with Crippen LogP contribution in [0.2, 0.25) is 0 Å². The molecule has 0 atom stereocenters. The number of piperazine rings is 1. The molecule has 0 aromatic heterocycles. The fraction of sp³-hybridized carbons (Fsp3) is 0.556. The Morgan fingerprint density at radius 1 is 1.04 bits per heavy atom. The molecule has 6 nitrogen and oxygen atoms in total. The lowest BCUT2D eigenvalue weighted by atomic mass is 10.1. The van der Waals surface area contributed by atoms with Crippen LogP contribution in [0.1, 0.15) is 37.0 Å². The predicted molar refractivity (Wildman–Crippen MR) is 89.1 cm³/mol. The topological polar surface area (TPSA) is 59.1 Å². The van der Waals surface area contributed by atoms with Crippen LogP contribution in [0.5, 0.6) is 11.5 Å². The first kappa shape index (κ1) is 16.6. The van der Waals surface area contributed by atoms with Crippen LogP contribution in [0, 0.1) is 5.92 Å². The number of carbonyl (C=O) groups is 2. The van der Waals surface area contributed by atoms with E-state index in [2.05, 4.69) is 13.8 Å². The maximum Gasteiger partial charge on any atom is 0.254 e. The third-order valence-corrected chi connectivity index (χ3v) is 4.47. The number of ether oxygens (including phenoxy) is 2. The van der Waals surface area contributed by atoms with Crippen LogP contribution < -0.4 is 9.47 Å². The first-order chi connectivity index (χ1) is 11.5.